The van der Waals surface area contributed by atoms with Crippen LogP contribution in [-0.4, -0.2) is 9.97 Å². The van der Waals surface area contributed by atoms with Crippen LogP contribution < -0.4 is 5.73 Å². The molecule has 0 spiro atoms. The number of fused-ring (bicyclic) bond motifs is 1. The van der Waals surface area contributed by atoms with E-state index in [1.807, 2.05) is 0 Å². The van der Waals surface area contributed by atoms with Crippen LogP contribution in [0.1, 0.15) is 41.1 Å². The third-order valence-corrected chi connectivity index (χ3v) is 3.87. The predicted molar refractivity (Wildman–Crippen MR) is 77.1 cm³/mol. The van der Waals surface area contributed by atoms with E-state index in [2.05, 4.69) is 36.2 Å². The van der Waals surface area contributed by atoms with Crippen LogP contribution in [-0.2, 0) is 19.3 Å². The summed E-state index contributed by atoms with van der Waals surface area (Å²) in [4.78, 5) is 9.21. The van der Waals surface area contributed by atoms with Crippen LogP contribution in [0.25, 0.3) is 0 Å². The first-order valence-electron chi connectivity index (χ1n) is 6.92. The first-order chi connectivity index (χ1) is 9.24. The summed E-state index contributed by atoms with van der Waals surface area (Å²) in [6.07, 6.45) is 5.27. The molecule has 1 aromatic heterocycles. The monoisotopic (exact) mass is 253 g/mol. The molecule has 3 rings (SSSR count). The lowest BCUT2D eigenvalue weighted by molar-refractivity contribution is 0.658. The van der Waals surface area contributed by atoms with Gasteiger partial charge in [-0.15, -0.1) is 0 Å². The molecule has 0 atom stereocenters. The molecule has 0 saturated heterocycles. The van der Waals surface area contributed by atoms with Crippen molar-refractivity contribution >= 4 is 5.82 Å². The summed E-state index contributed by atoms with van der Waals surface area (Å²) in [5, 5.41) is 0. The minimum absolute atomic E-state index is 0.688. The van der Waals surface area contributed by atoms with E-state index in [1.54, 1.807) is 0 Å². The van der Waals surface area contributed by atoms with Gasteiger partial charge in [-0.05, 0) is 43.7 Å². The van der Waals surface area contributed by atoms with Gasteiger partial charge in [0.15, 0.2) is 0 Å². The zero-order valence-corrected chi connectivity index (χ0v) is 11.3. The van der Waals surface area contributed by atoms with Gasteiger partial charge in [0.25, 0.3) is 0 Å². The molecule has 0 radical (unpaired) electrons. The molecule has 1 heterocycles. The fourth-order valence-electron chi connectivity index (χ4n) is 2.73. The lowest BCUT2D eigenvalue weighted by atomic mass is 9.96. The predicted octanol–water partition coefficient (Wildman–Crippen LogP) is 2.84. The summed E-state index contributed by atoms with van der Waals surface area (Å²) >= 11 is 0. The highest BCUT2D eigenvalue weighted by Gasteiger charge is 2.16. The maximum atomic E-state index is 6.08. The van der Waals surface area contributed by atoms with Crippen molar-refractivity contribution in [3.8, 4) is 0 Å². The molecule has 0 saturated carbocycles. The Morgan fingerprint density at radius 1 is 1.11 bits per heavy atom. The molecule has 1 aromatic carbocycles. The van der Waals surface area contributed by atoms with E-state index in [1.165, 1.54) is 35.2 Å². The highest BCUT2D eigenvalue weighted by atomic mass is 15.0. The first-order valence-corrected chi connectivity index (χ1v) is 6.92. The van der Waals surface area contributed by atoms with Crippen LogP contribution in [0.2, 0.25) is 0 Å². The van der Waals surface area contributed by atoms with Crippen molar-refractivity contribution in [3.05, 3.63) is 52.5 Å². The fraction of sp³-hybridized carbons (Fsp3) is 0.375. The zero-order chi connectivity index (χ0) is 13.2. The molecule has 1 aliphatic rings. The molecule has 0 amide bonds. The normalized spacial score (nSPS) is 14.2. The molecule has 0 bridgehead atoms. The van der Waals surface area contributed by atoms with Crippen LogP contribution in [0.5, 0.6) is 0 Å². The Bertz CT molecular complexity index is 605. The third kappa shape index (κ3) is 2.46. The second-order valence-electron chi connectivity index (χ2n) is 5.26. The van der Waals surface area contributed by atoms with Crippen molar-refractivity contribution < 1.29 is 0 Å². The van der Waals surface area contributed by atoms with Crippen LogP contribution in [0.15, 0.2) is 24.3 Å². The van der Waals surface area contributed by atoms with E-state index in [0.717, 1.165) is 25.1 Å². The molecule has 0 aliphatic heterocycles. The van der Waals surface area contributed by atoms with Crippen molar-refractivity contribution in [2.24, 2.45) is 0 Å². The van der Waals surface area contributed by atoms with E-state index in [4.69, 9.17) is 10.7 Å². The third-order valence-electron chi connectivity index (χ3n) is 3.87. The Morgan fingerprint density at radius 3 is 2.74 bits per heavy atom. The number of hydrogen-bond donors (Lipinski definition) is 1. The summed E-state index contributed by atoms with van der Waals surface area (Å²) < 4.78 is 0. The van der Waals surface area contributed by atoms with Crippen LogP contribution in [0.3, 0.4) is 0 Å². The average molecular weight is 253 g/mol. The van der Waals surface area contributed by atoms with E-state index in [0.29, 0.717) is 5.82 Å². The molecule has 0 unspecified atom stereocenters. The highest BCUT2D eigenvalue weighted by Crippen LogP contribution is 2.24. The van der Waals surface area contributed by atoms with Gasteiger partial charge in [0, 0.05) is 17.7 Å². The summed E-state index contributed by atoms with van der Waals surface area (Å²) in [5.41, 5.74) is 11.0. The maximum Gasteiger partial charge on any atom is 0.135 e. The first kappa shape index (κ1) is 12.2. The van der Waals surface area contributed by atoms with Crippen LogP contribution >= 0.6 is 0 Å². The summed E-state index contributed by atoms with van der Waals surface area (Å²) in [7, 11) is 0. The van der Waals surface area contributed by atoms with Crippen LogP contribution in [0.4, 0.5) is 5.82 Å². The molecule has 0 fully saturated rings. The van der Waals surface area contributed by atoms with Gasteiger partial charge in [0.1, 0.15) is 11.6 Å². The molecule has 1 aliphatic carbocycles. The van der Waals surface area contributed by atoms with Gasteiger partial charge < -0.3 is 5.73 Å². The number of hydrogen-bond acceptors (Lipinski definition) is 3. The average Bonchev–Trinajstić information content (AvgIpc) is 2.42. The van der Waals surface area contributed by atoms with Gasteiger partial charge in [-0.3, -0.25) is 0 Å². The van der Waals surface area contributed by atoms with Gasteiger partial charge in [0.2, 0.25) is 0 Å². The number of benzene rings is 1. The van der Waals surface area contributed by atoms with Gasteiger partial charge in [0.05, 0.1) is 0 Å². The summed E-state index contributed by atoms with van der Waals surface area (Å²) in [6.45, 7) is 2.12. The molecular formula is C16H19N3. The highest BCUT2D eigenvalue weighted by molar-refractivity contribution is 5.44. The maximum absolute atomic E-state index is 6.08. The minimum Gasteiger partial charge on any atom is -0.383 e. The Balaban J connectivity index is 1.94. The number of nitrogens with two attached hydrogens (primary N) is 1. The number of aryl methyl sites for hydroxylation is 2. The van der Waals surface area contributed by atoms with E-state index >= 15 is 0 Å². The number of rotatable bonds is 2. The molecule has 3 nitrogen and oxygen atoms in total. The molecule has 98 valence electrons. The number of nitrogen functional groups attached to an aromatic ring is 1. The summed E-state index contributed by atoms with van der Waals surface area (Å²) in [5.74, 6) is 1.54. The Morgan fingerprint density at radius 2 is 1.89 bits per heavy atom. The molecular weight excluding hydrogens is 234 g/mol. The van der Waals surface area contributed by atoms with Gasteiger partial charge >= 0.3 is 0 Å². The van der Waals surface area contributed by atoms with Gasteiger partial charge in [-0.2, -0.15) is 0 Å². The smallest absolute Gasteiger partial charge is 0.135 e. The lowest BCUT2D eigenvalue weighted by Crippen LogP contribution is -2.13. The van der Waals surface area contributed by atoms with Crippen molar-refractivity contribution in [1.82, 2.24) is 9.97 Å². The topological polar surface area (TPSA) is 51.8 Å². The number of aromatic nitrogens is 2. The second kappa shape index (κ2) is 5.00. The quantitative estimate of drug-likeness (QED) is 0.895. The zero-order valence-electron chi connectivity index (χ0n) is 11.3. The van der Waals surface area contributed by atoms with E-state index in [-0.39, 0.29) is 0 Å². The number of nitrogens with zero attached hydrogens (tertiary/aromatic N) is 2. The largest absolute Gasteiger partial charge is 0.383 e. The molecule has 19 heavy (non-hydrogen) atoms. The van der Waals surface area contributed by atoms with Crippen molar-refractivity contribution in [2.45, 2.75) is 39.0 Å². The van der Waals surface area contributed by atoms with Crippen molar-refractivity contribution in [2.75, 3.05) is 5.73 Å². The molecule has 2 N–H and O–H groups in total. The Labute approximate surface area is 113 Å². The fourth-order valence-corrected chi connectivity index (χ4v) is 2.73. The van der Waals surface area contributed by atoms with Crippen LogP contribution in [0, 0.1) is 6.92 Å². The van der Waals surface area contributed by atoms with Crippen molar-refractivity contribution in [1.29, 1.82) is 0 Å². The number of anilines is 1. The Hall–Kier alpha value is -1.90. The second-order valence-corrected chi connectivity index (χ2v) is 5.26. The van der Waals surface area contributed by atoms with E-state index in [9.17, 15) is 0 Å². The standard InChI is InChI=1S/C16H19N3/c1-11-6-2-3-7-12(11)10-15-18-14-9-5-4-8-13(14)16(17)19-15/h2-3,6-7H,4-5,8-10H2,1H3,(H2,17,18,19). The SMILES string of the molecule is Cc1ccccc1Cc1nc(N)c2c(n1)CCCC2. The molecule has 2 aromatic rings. The van der Waals surface area contributed by atoms with Crippen molar-refractivity contribution in [3.63, 3.8) is 0 Å². The Kier molecular flexibility index (Phi) is 3.20. The van der Waals surface area contributed by atoms with Gasteiger partial charge in [-0.25, -0.2) is 9.97 Å². The van der Waals surface area contributed by atoms with E-state index < -0.39 is 0 Å². The lowest BCUT2D eigenvalue weighted by Gasteiger charge is -2.17. The van der Waals surface area contributed by atoms with Gasteiger partial charge in [-0.1, -0.05) is 24.3 Å². The molecule has 3 heteroatoms. The summed E-state index contributed by atoms with van der Waals surface area (Å²) in [6, 6.07) is 8.37. The minimum atomic E-state index is 0.688.